The van der Waals surface area contributed by atoms with Gasteiger partial charge < -0.3 is 9.47 Å². The molecule has 2 rings (SSSR count). The Labute approximate surface area is 144 Å². The van der Waals surface area contributed by atoms with Crippen molar-refractivity contribution in [3.8, 4) is 17.6 Å². The van der Waals surface area contributed by atoms with Crippen LogP contribution < -0.4 is 4.74 Å². The summed E-state index contributed by atoms with van der Waals surface area (Å²) in [5, 5.41) is 19.9. The summed E-state index contributed by atoms with van der Waals surface area (Å²) < 4.78 is 10.9. The van der Waals surface area contributed by atoms with Crippen LogP contribution in [0.25, 0.3) is 0 Å². The van der Waals surface area contributed by atoms with Crippen molar-refractivity contribution >= 4 is 11.7 Å². The van der Waals surface area contributed by atoms with Crippen molar-refractivity contribution in [1.82, 2.24) is 0 Å². The summed E-state index contributed by atoms with van der Waals surface area (Å²) in [4.78, 5) is 22.8. The Morgan fingerprint density at radius 1 is 1.20 bits per heavy atom. The number of carbonyl (C=O) groups is 1. The van der Waals surface area contributed by atoms with Crippen LogP contribution in [-0.4, -0.2) is 16.5 Å². The molecule has 0 radical (unpaired) electrons. The molecule has 7 heteroatoms. The summed E-state index contributed by atoms with van der Waals surface area (Å²) in [6.45, 7) is 5.08. The smallest absolute Gasteiger partial charge is 0.342 e. The van der Waals surface area contributed by atoms with Gasteiger partial charge in [0.1, 0.15) is 22.7 Å². The van der Waals surface area contributed by atoms with E-state index in [2.05, 4.69) is 0 Å². The molecule has 0 atom stereocenters. The van der Waals surface area contributed by atoms with Gasteiger partial charge in [-0.05, 0) is 45.0 Å². The lowest BCUT2D eigenvalue weighted by molar-refractivity contribution is -0.384. The number of carbonyl (C=O) groups excluding carboxylic acids is 1. The van der Waals surface area contributed by atoms with E-state index in [0.29, 0.717) is 11.3 Å². The molecule has 0 saturated heterocycles. The first-order chi connectivity index (χ1) is 11.7. The lowest BCUT2D eigenvalue weighted by Gasteiger charge is -2.20. The molecule has 25 heavy (non-hydrogen) atoms. The molecule has 0 heterocycles. The summed E-state index contributed by atoms with van der Waals surface area (Å²) in [6, 6.07) is 12.0. The van der Waals surface area contributed by atoms with Crippen LogP contribution in [0.3, 0.4) is 0 Å². The lowest BCUT2D eigenvalue weighted by Crippen LogP contribution is -2.24. The zero-order valence-electron chi connectivity index (χ0n) is 14.0. The SMILES string of the molecule is CC(C)(C)OC(=O)c1cc([N+](=O)[O-])ccc1Oc1cccc(C#N)c1. The number of nitriles is 1. The van der Waals surface area contributed by atoms with E-state index in [-0.39, 0.29) is 17.0 Å². The molecule has 0 aliphatic carbocycles. The van der Waals surface area contributed by atoms with E-state index in [1.54, 1.807) is 39.0 Å². The summed E-state index contributed by atoms with van der Waals surface area (Å²) in [5.41, 5.74) is -0.691. The van der Waals surface area contributed by atoms with Crippen LogP contribution in [0, 0.1) is 21.4 Å². The second-order valence-electron chi connectivity index (χ2n) is 6.18. The summed E-state index contributed by atoms with van der Waals surface area (Å²) in [6.07, 6.45) is 0. The third kappa shape index (κ3) is 4.78. The molecule has 0 amide bonds. The molecule has 2 aromatic carbocycles. The maximum absolute atomic E-state index is 12.4. The maximum atomic E-state index is 12.4. The first kappa shape index (κ1) is 17.9. The van der Waals surface area contributed by atoms with Crippen LogP contribution in [-0.2, 0) is 4.74 Å². The van der Waals surface area contributed by atoms with Gasteiger partial charge in [0.15, 0.2) is 0 Å². The predicted molar refractivity (Wildman–Crippen MR) is 89.5 cm³/mol. The Morgan fingerprint density at radius 3 is 2.52 bits per heavy atom. The normalized spacial score (nSPS) is 10.6. The largest absolute Gasteiger partial charge is 0.456 e. The first-order valence-electron chi connectivity index (χ1n) is 7.39. The lowest BCUT2D eigenvalue weighted by atomic mass is 10.1. The zero-order valence-corrected chi connectivity index (χ0v) is 14.0. The molecule has 0 aliphatic heterocycles. The second kappa shape index (κ2) is 7.01. The molecule has 2 aromatic rings. The average molecular weight is 340 g/mol. The van der Waals surface area contributed by atoms with Crippen molar-refractivity contribution in [3.63, 3.8) is 0 Å². The van der Waals surface area contributed by atoms with Crippen LogP contribution in [0.5, 0.6) is 11.5 Å². The third-order valence-electron chi connectivity index (χ3n) is 2.98. The van der Waals surface area contributed by atoms with Crippen molar-refractivity contribution < 1.29 is 19.2 Å². The van der Waals surface area contributed by atoms with E-state index in [9.17, 15) is 14.9 Å². The fourth-order valence-electron chi connectivity index (χ4n) is 1.97. The van der Waals surface area contributed by atoms with Gasteiger partial charge in [-0.3, -0.25) is 10.1 Å². The monoisotopic (exact) mass is 340 g/mol. The number of nitrogens with zero attached hydrogens (tertiary/aromatic N) is 2. The fourth-order valence-corrected chi connectivity index (χ4v) is 1.97. The number of rotatable bonds is 4. The molecule has 128 valence electrons. The van der Waals surface area contributed by atoms with Gasteiger partial charge in [-0.2, -0.15) is 5.26 Å². The van der Waals surface area contributed by atoms with Crippen molar-refractivity contribution in [2.75, 3.05) is 0 Å². The van der Waals surface area contributed by atoms with Crippen LogP contribution >= 0.6 is 0 Å². The molecule has 7 nitrogen and oxygen atoms in total. The number of hydrogen-bond donors (Lipinski definition) is 0. The van der Waals surface area contributed by atoms with Gasteiger partial charge in [0.05, 0.1) is 16.6 Å². The highest BCUT2D eigenvalue weighted by atomic mass is 16.6. The van der Waals surface area contributed by atoms with Gasteiger partial charge in [0.2, 0.25) is 0 Å². The van der Waals surface area contributed by atoms with E-state index in [4.69, 9.17) is 14.7 Å². The minimum Gasteiger partial charge on any atom is -0.456 e. The van der Waals surface area contributed by atoms with E-state index < -0.39 is 16.5 Å². The summed E-state index contributed by atoms with van der Waals surface area (Å²) in [5.74, 6) is -0.296. The van der Waals surface area contributed by atoms with Gasteiger partial charge in [0, 0.05) is 12.1 Å². The molecule has 0 aromatic heterocycles. The van der Waals surface area contributed by atoms with Crippen molar-refractivity contribution in [1.29, 1.82) is 5.26 Å². The number of non-ortho nitro benzene ring substituents is 1. The number of nitro groups is 1. The molecule has 0 aliphatic rings. The summed E-state index contributed by atoms with van der Waals surface area (Å²) >= 11 is 0. The molecule has 0 N–H and O–H groups in total. The molecule has 0 saturated carbocycles. The number of benzene rings is 2. The molecule has 0 bridgehead atoms. The van der Waals surface area contributed by atoms with E-state index >= 15 is 0 Å². The number of ether oxygens (including phenoxy) is 2. The molecular weight excluding hydrogens is 324 g/mol. The third-order valence-corrected chi connectivity index (χ3v) is 2.98. The highest BCUT2D eigenvalue weighted by Gasteiger charge is 2.24. The predicted octanol–water partition coefficient (Wildman–Crippen LogP) is 4.21. The van der Waals surface area contributed by atoms with E-state index in [0.717, 1.165) is 6.07 Å². The Morgan fingerprint density at radius 2 is 1.92 bits per heavy atom. The number of hydrogen-bond acceptors (Lipinski definition) is 6. The Kier molecular flexibility index (Phi) is 5.03. The van der Waals surface area contributed by atoms with Crippen molar-refractivity contribution in [3.05, 3.63) is 63.7 Å². The minimum atomic E-state index is -0.764. The molecule has 0 fully saturated rings. The van der Waals surface area contributed by atoms with E-state index in [1.165, 1.54) is 18.2 Å². The van der Waals surface area contributed by atoms with Crippen LogP contribution in [0.2, 0.25) is 0 Å². The number of nitro benzene ring substituents is 1. The average Bonchev–Trinajstić information content (AvgIpc) is 2.53. The molecule has 0 spiro atoms. The van der Waals surface area contributed by atoms with Gasteiger partial charge >= 0.3 is 5.97 Å². The van der Waals surface area contributed by atoms with Gasteiger partial charge in [-0.15, -0.1) is 0 Å². The fraction of sp³-hybridized carbons (Fsp3) is 0.222. The van der Waals surface area contributed by atoms with Crippen molar-refractivity contribution in [2.24, 2.45) is 0 Å². The highest BCUT2D eigenvalue weighted by Crippen LogP contribution is 2.30. The Balaban J connectivity index is 2.44. The van der Waals surface area contributed by atoms with Crippen LogP contribution in [0.15, 0.2) is 42.5 Å². The standard InChI is InChI=1S/C18H16N2O5/c1-18(2,3)25-17(21)15-10-13(20(22)23)7-8-16(15)24-14-6-4-5-12(9-14)11-19/h4-10H,1-3H3. The van der Waals surface area contributed by atoms with E-state index in [1.807, 2.05) is 6.07 Å². The topological polar surface area (TPSA) is 102 Å². The second-order valence-corrected chi connectivity index (χ2v) is 6.18. The Bertz CT molecular complexity index is 863. The maximum Gasteiger partial charge on any atom is 0.342 e. The quantitative estimate of drug-likeness (QED) is 0.469. The van der Waals surface area contributed by atoms with Crippen LogP contribution in [0.4, 0.5) is 5.69 Å². The van der Waals surface area contributed by atoms with Gasteiger partial charge in [-0.25, -0.2) is 4.79 Å². The molecule has 0 unspecified atom stereocenters. The minimum absolute atomic E-state index is 0.0634. The van der Waals surface area contributed by atoms with Crippen molar-refractivity contribution in [2.45, 2.75) is 26.4 Å². The Hall–Kier alpha value is -3.40. The zero-order chi connectivity index (χ0) is 18.6. The molecular formula is C18H16N2O5. The first-order valence-corrected chi connectivity index (χ1v) is 7.39. The van der Waals surface area contributed by atoms with Gasteiger partial charge in [-0.1, -0.05) is 6.07 Å². The number of esters is 1. The summed E-state index contributed by atoms with van der Waals surface area (Å²) in [7, 11) is 0. The highest BCUT2D eigenvalue weighted by molar-refractivity contribution is 5.93. The van der Waals surface area contributed by atoms with Gasteiger partial charge in [0.25, 0.3) is 5.69 Å². The van der Waals surface area contributed by atoms with Crippen LogP contribution in [0.1, 0.15) is 36.7 Å².